The molecule has 1 amide bonds. The van der Waals surface area contributed by atoms with Crippen LogP contribution in [0.3, 0.4) is 0 Å². The van der Waals surface area contributed by atoms with Crippen LogP contribution in [0.15, 0.2) is 18.2 Å². The van der Waals surface area contributed by atoms with Crippen molar-refractivity contribution in [2.45, 2.75) is 6.42 Å². The standard InChI is InChI=1S/C10H11F2NO2/c11-8-2-1-7(9(12)5-8)3-4-13-10(15)6-14/h1-2,5,14H,3-4,6H2,(H,13,15). The summed E-state index contributed by atoms with van der Waals surface area (Å²) in [5.74, 6) is -1.78. The van der Waals surface area contributed by atoms with E-state index in [1.54, 1.807) is 0 Å². The van der Waals surface area contributed by atoms with Crippen LogP contribution in [0.1, 0.15) is 5.56 Å². The number of benzene rings is 1. The van der Waals surface area contributed by atoms with Gasteiger partial charge in [0.2, 0.25) is 5.91 Å². The number of hydrogen-bond donors (Lipinski definition) is 2. The van der Waals surface area contributed by atoms with Crippen LogP contribution < -0.4 is 5.32 Å². The predicted molar refractivity (Wildman–Crippen MR) is 50.2 cm³/mol. The minimum Gasteiger partial charge on any atom is -0.387 e. The Labute approximate surface area is 85.7 Å². The topological polar surface area (TPSA) is 49.3 Å². The quantitative estimate of drug-likeness (QED) is 0.773. The number of amides is 1. The van der Waals surface area contributed by atoms with Gasteiger partial charge in [0.25, 0.3) is 0 Å². The van der Waals surface area contributed by atoms with Gasteiger partial charge in [0.05, 0.1) is 0 Å². The Bertz CT molecular complexity index is 355. The van der Waals surface area contributed by atoms with E-state index in [9.17, 15) is 13.6 Å². The number of aliphatic hydroxyl groups excluding tert-OH is 1. The number of hydrogen-bond acceptors (Lipinski definition) is 2. The molecule has 1 rings (SSSR count). The van der Waals surface area contributed by atoms with Crippen LogP contribution in [-0.2, 0) is 11.2 Å². The highest BCUT2D eigenvalue weighted by atomic mass is 19.1. The first-order chi connectivity index (χ1) is 7.13. The lowest BCUT2D eigenvalue weighted by atomic mass is 10.1. The van der Waals surface area contributed by atoms with Crippen LogP contribution in [0, 0.1) is 11.6 Å². The van der Waals surface area contributed by atoms with Gasteiger partial charge >= 0.3 is 0 Å². The van der Waals surface area contributed by atoms with Crippen LogP contribution in [0.25, 0.3) is 0 Å². The number of aliphatic hydroxyl groups is 1. The van der Waals surface area contributed by atoms with E-state index in [4.69, 9.17) is 5.11 Å². The van der Waals surface area contributed by atoms with E-state index in [1.165, 1.54) is 6.07 Å². The molecule has 0 saturated heterocycles. The monoisotopic (exact) mass is 215 g/mol. The summed E-state index contributed by atoms with van der Waals surface area (Å²) in [4.78, 5) is 10.6. The van der Waals surface area contributed by atoms with E-state index in [2.05, 4.69) is 5.32 Å². The maximum Gasteiger partial charge on any atom is 0.245 e. The minimum atomic E-state index is -0.631. The Balaban J connectivity index is 2.47. The van der Waals surface area contributed by atoms with Gasteiger partial charge in [-0.25, -0.2) is 8.78 Å². The van der Waals surface area contributed by atoms with Crippen molar-refractivity contribution in [3.05, 3.63) is 35.4 Å². The van der Waals surface area contributed by atoms with E-state index >= 15 is 0 Å². The number of rotatable bonds is 4. The predicted octanol–water partition coefficient (Wildman–Crippen LogP) is 0.616. The van der Waals surface area contributed by atoms with Crippen molar-refractivity contribution in [2.75, 3.05) is 13.2 Å². The second-order valence-corrected chi connectivity index (χ2v) is 2.99. The van der Waals surface area contributed by atoms with Gasteiger partial charge in [-0.15, -0.1) is 0 Å². The summed E-state index contributed by atoms with van der Waals surface area (Å²) >= 11 is 0. The average Bonchev–Trinajstić information content (AvgIpc) is 2.21. The van der Waals surface area contributed by atoms with Crippen molar-refractivity contribution >= 4 is 5.91 Å². The molecule has 0 aliphatic rings. The fraction of sp³-hybridized carbons (Fsp3) is 0.300. The molecule has 0 aliphatic carbocycles. The smallest absolute Gasteiger partial charge is 0.245 e. The second-order valence-electron chi connectivity index (χ2n) is 2.99. The van der Waals surface area contributed by atoms with Gasteiger partial charge in [-0.05, 0) is 18.1 Å². The fourth-order valence-corrected chi connectivity index (χ4v) is 1.12. The van der Waals surface area contributed by atoms with Gasteiger partial charge in [-0.2, -0.15) is 0 Å². The number of halogens is 2. The normalized spacial score (nSPS) is 10.1. The first-order valence-electron chi connectivity index (χ1n) is 4.45. The van der Waals surface area contributed by atoms with Crippen molar-refractivity contribution in [3.63, 3.8) is 0 Å². The summed E-state index contributed by atoms with van der Waals surface area (Å²) < 4.78 is 25.6. The molecule has 0 aliphatic heterocycles. The maximum atomic E-state index is 13.1. The molecule has 0 spiro atoms. The van der Waals surface area contributed by atoms with E-state index < -0.39 is 24.1 Å². The van der Waals surface area contributed by atoms with E-state index in [1.807, 2.05) is 0 Å². The molecule has 0 radical (unpaired) electrons. The summed E-state index contributed by atoms with van der Waals surface area (Å²) in [5, 5.41) is 10.8. The highest BCUT2D eigenvalue weighted by Crippen LogP contribution is 2.09. The lowest BCUT2D eigenvalue weighted by Gasteiger charge is -2.04. The molecule has 0 unspecified atom stereocenters. The summed E-state index contributed by atoms with van der Waals surface area (Å²) in [6.45, 7) is -0.381. The Hall–Kier alpha value is -1.49. The van der Waals surface area contributed by atoms with Crippen molar-refractivity contribution in [3.8, 4) is 0 Å². The van der Waals surface area contributed by atoms with Gasteiger partial charge in [0.1, 0.15) is 18.2 Å². The molecule has 1 aromatic rings. The molecule has 5 heteroatoms. The molecule has 82 valence electrons. The van der Waals surface area contributed by atoms with E-state index in [0.717, 1.165) is 12.1 Å². The van der Waals surface area contributed by atoms with Gasteiger partial charge in [-0.3, -0.25) is 4.79 Å². The highest BCUT2D eigenvalue weighted by Gasteiger charge is 2.04. The van der Waals surface area contributed by atoms with Crippen molar-refractivity contribution in [2.24, 2.45) is 0 Å². The molecular weight excluding hydrogens is 204 g/mol. The molecule has 0 fully saturated rings. The third kappa shape index (κ3) is 3.63. The van der Waals surface area contributed by atoms with E-state index in [0.29, 0.717) is 5.56 Å². The zero-order chi connectivity index (χ0) is 11.3. The van der Waals surface area contributed by atoms with Crippen molar-refractivity contribution in [1.82, 2.24) is 5.32 Å². The number of carbonyl (C=O) groups excluding carboxylic acids is 1. The first kappa shape index (κ1) is 11.6. The molecule has 3 nitrogen and oxygen atoms in total. The third-order valence-corrected chi connectivity index (χ3v) is 1.88. The minimum absolute atomic E-state index is 0.210. The van der Waals surface area contributed by atoms with Crippen LogP contribution in [0.5, 0.6) is 0 Å². The largest absolute Gasteiger partial charge is 0.387 e. The first-order valence-corrected chi connectivity index (χ1v) is 4.45. The summed E-state index contributed by atoms with van der Waals surface area (Å²) in [7, 11) is 0. The summed E-state index contributed by atoms with van der Waals surface area (Å²) in [6.07, 6.45) is 0.262. The molecule has 0 aromatic heterocycles. The Kier molecular flexibility index (Phi) is 4.17. The molecule has 1 aromatic carbocycles. The molecule has 2 N–H and O–H groups in total. The Morgan fingerprint density at radius 2 is 2.13 bits per heavy atom. The zero-order valence-corrected chi connectivity index (χ0v) is 7.96. The van der Waals surface area contributed by atoms with Crippen LogP contribution in [0.2, 0.25) is 0 Å². The summed E-state index contributed by atoms with van der Waals surface area (Å²) in [6, 6.07) is 3.28. The Morgan fingerprint density at radius 1 is 1.40 bits per heavy atom. The number of nitrogens with one attached hydrogen (secondary N) is 1. The lowest BCUT2D eigenvalue weighted by molar-refractivity contribution is -0.123. The fourth-order valence-electron chi connectivity index (χ4n) is 1.12. The molecule has 0 bridgehead atoms. The second kappa shape index (κ2) is 5.41. The van der Waals surface area contributed by atoms with E-state index in [-0.39, 0.29) is 13.0 Å². The highest BCUT2D eigenvalue weighted by molar-refractivity contribution is 5.76. The van der Waals surface area contributed by atoms with Gasteiger partial charge < -0.3 is 10.4 Å². The molecule has 0 atom stereocenters. The molecule has 0 heterocycles. The maximum absolute atomic E-state index is 13.1. The molecular formula is C10H11F2NO2. The van der Waals surface area contributed by atoms with Crippen LogP contribution >= 0.6 is 0 Å². The van der Waals surface area contributed by atoms with Crippen LogP contribution in [0.4, 0.5) is 8.78 Å². The van der Waals surface area contributed by atoms with Crippen LogP contribution in [-0.4, -0.2) is 24.2 Å². The Morgan fingerprint density at radius 3 is 2.73 bits per heavy atom. The number of carbonyl (C=O) groups is 1. The SMILES string of the molecule is O=C(CO)NCCc1ccc(F)cc1F. The van der Waals surface area contributed by atoms with Crippen molar-refractivity contribution < 1.29 is 18.7 Å². The van der Waals surface area contributed by atoms with Gasteiger partial charge in [0, 0.05) is 12.6 Å². The average molecular weight is 215 g/mol. The third-order valence-electron chi connectivity index (χ3n) is 1.88. The molecule has 0 saturated carbocycles. The van der Waals surface area contributed by atoms with Gasteiger partial charge in [-0.1, -0.05) is 6.07 Å². The lowest BCUT2D eigenvalue weighted by Crippen LogP contribution is -2.28. The van der Waals surface area contributed by atoms with Crippen molar-refractivity contribution in [1.29, 1.82) is 0 Å². The zero-order valence-electron chi connectivity index (χ0n) is 7.96. The summed E-state index contributed by atoms with van der Waals surface area (Å²) in [5.41, 5.74) is 0.328. The van der Waals surface area contributed by atoms with Gasteiger partial charge in [0.15, 0.2) is 0 Å². The molecule has 15 heavy (non-hydrogen) atoms.